The molecule has 192 valence electrons. The van der Waals surface area contributed by atoms with Crippen molar-refractivity contribution in [3.05, 3.63) is 57.6 Å². The van der Waals surface area contributed by atoms with Crippen molar-refractivity contribution >= 4 is 11.6 Å². The molecule has 1 aliphatic heterocycles. The number of phenolic OH excluding ortho intramolecular Hbond substituents is 2. The number of ketones is 2. The summed E-state index contributed by atoms with van der Waals surface area (Å²) < 4.78 is 11.9. The van der Waals surface area contributed by atoms with E-state index < -0.39 is 59.7 Å². The number of phenols is 2. The van der Waals surface area contributed by atoms with Crippen molar-refractivity contribution in [2.45, 2.75) is 75.5 Å². The number of rotatable bonds is 3. The van der Waals surface area contributed by atoms with Gasteiger partial charge in [0.15, 0.2) is 17.9 Å². The number of hydrogen-bond donors (Lipinski definition) is 6. The molecule has 0 radical (unpaired) electrons. The van der Waals surface area contributed by atoms with Crippen molar-refractivity contribution in [3.63, 3.8) is 0 Å². The van der Waals surface area contributed by atoms with Gasteiger partial charge in [0, 0.05) is 35.6 Å². The first-order chi connectivity index (χ1) is 17.0. The second kappa shape index (κ2) is 8.62. The Morgan fingerprint density at radius 2 is 1.83 bits per heavy atom. The zero-order valence-corrected chi connectivity index (χ0v) is 19.8. The number of fused-ring (bicyclic) bond motifs is 3. The first-order valence-electron chi connectivity index (χ1n) is 11.9. The zero-order chi connectivity index (χ0) is 26.1. The highest BCUT2D eigenvalue weighted by Gasteiger charge is 2.50. The molecule has 2 aromatic rings. The Labute approximate surface area is 206 Å². The number of aliphatic hydroxyl groups is 3. The smallest absolute Gasteiger partial charge is 0.198 e. The molecule has 0 bridgehead atoms. The average Bonchev–Trinajstić information content (AvgIpc) is 2.83. The second-order valence-corrected chi connectivity index (χ2v) is 9.86. The van der Waals surface area contributed by atoms with Gasteiger partial charge in [-0.25, -0.2) is 0 Å². The molecule has 36 heavy (non-hydrogen) atoms. The van der Waals surface area contributed by atoms with Crippen LogP contribution in [-0.4, -0.2) is 67.2 Å². The maximum Gasteiger partial charge on any atom is 0.198 e. The predicted octanol–water partition coefficient (Wildman–Crippen LogP) is 1.33. The van der Waals surface area contributed by atoms with Crippen LogP contribution >= 0.6 is 0 Å². The van der Waals surface area contributed by atoms with Crippen LogP contribution in [0.2, 0.25) is 0 Å². The summed E-state index contributed by atoms with van der Waals surface area (Å²) in [5.74, 6) is -2.29. The largest absolute Gasteiger partial charge is 0.507 e. The third-order valence-electron chi connectivity index (χ3n) is 7.66. The van der Waals surface area contributed by atoms with Gasteiger partial charge >= 0.3 is 0 Å². The molecule has 0 saturated carbocycles. The molecule has 10 heteroatoms. The Morgan fingerprint density at radius 1 is 1.14 bits per heavy atom. The molecule has 10 nitrogen and oxygen atoms in total. The minimum Gasteiger partial charge on any atom is -0.507 e. The van der Waals surface area contributed by atoms with E-state index in [4.69, 9.17) is 15.2 Å². The first kappa shape index (κ1) is 24.8. The van der Waals surface area contributed by atoms with Gasteiger partial charge in [0.1, 0.15) is 17.6 Å². The summed E-state index contributed by atoms with van der Waals surface area (Å²) in [6.45, 7) is 3.33. The number of aromatic hydroxyl groups is 2. The van der Waals surface area contributed by atoms with Crippen molar-refractivity contribution in [3.8, 4) is 11.5 Å². The number of ether oxygens (including phenoxy) is 2. The van der Waals surface area contributed by atoms with Crippen LogP contribution in [0.4, 0.5) is 0 Å². The molecule has 5 rings (SSSR count). The van der Waals surface area contributed by atoms with Crippen LogP contribution in [0.1, 0.15) is 88.3 Å². The van der Waals surface area contributed by atoms with E-state index in [0.717, 1.165) is 0 Å². The maximum absolute atomic E-state index is 13.4. The Bertz CT molecular complexity index is 1250. The maximum atomic E-state index is 13.4. The highest BCUT2D eigenvalue weighted by Crippen LogP contribution is 2.53. The molecule has 1 fully saturated rings. The lowest BCUT2D eigenvalue weighted by molar-refractivity contribution is -0.272. The van der Waals surface area contributed by atoms with Gasteiger partial charge < -0.3 is 40.7 Å². The van der Waals surface area contributed by atoms with Gasteiger partial charge in [-0.3, -0.25) is 9.59 Å². The molecule has 1 saturated heterocycles. The number of carbonyl (C=O) groups is 2. The molecule has 2 aromatic carbocycles. The number of carbonyl (C=O) groups excluding carboxylic acids is 2. The SMILES string of the molecule is CC[C@@]1(O)C[C@H](O)c2cc3c(c(O)c2[C@H]1O[C@H]1C[C@H](N)[C@H](O)[C@H](C)O1)C(=O)c1cccc(O)c1C3=O. The second-order valence-electron chi connectivity index (χ2n) is 9.86. The number of aliphatic hydroxyl groups excluding tert-OH is 2. The van der Waals surface area contributed by atoms with Crippen LogP contribution in [0, 0.1) is 0 Å². The van der Waals surface area contributed by atoms with E-state index in [0.29, 0.717) is 0 Å². The molecule has 1 heterocycles. The van der Waals surface area contributed by atoms with Crippen LogP contribution in [0.5, 0.6) is 11.5 Å². The fourth-order valence-corrected chi connectivity index (χ4v) is 5.57. The van der Waals surface area contributed by atoms with E-state index in [1.807, 2.05) is 0 Å². The van der Waals surface area contributed by atoms with Crippen molar-refractivity contribution in [1.82, 2.24) is 0 Å². The lowest BCUT2D eigenvalue weighted by atomic mass is 9.71. The predicted molar refractivity (Wildman–Crippen MR) is 125 cm³/mol. The van der Waals surface area contributed by atoms with Crippen LogP contribution in [-0.2, 0) is 9.47 Å². The Hall–Kier alpha value is -2.86. The molecule has 0 aromatic heterocycles. The van der Waals surface area contributed by atoms with Gasteiger partial charge in [0.25, 0.3) is 0 Å². The Morgan fingerprint density at radius 3 is 2.50 bits per heavy atom. The van der Waals surface area contributed by atoms with E-state index in [2.05, 4.69) is 0 Å². The molecular formula is C26H29NO9. The highest BCUT2D eigenvalue weighted by molar-refractivity contribution is 6.30. The topological polar surface area (TPSA) is 180 Å². The van der Waals surface area contributed by atoms with Crippen LogP contribution in [0.25, 0.3) is 0 Å². The summed E-state index contributed by atoms with van der Waals surface area (Å²) >= 11 is 0. The summed E-state index contributed by atoms with van der Waals surface area (Å²) in [7, 11) is 0. The van der Waals surface area contributed by atoms with Gasteiger partial charge in [-0.15, -0.1) is 0 Å². The van der Waals surface area contributed by atoms with Gasteiger partial charge in [-0.2, -0.15) is 0 Å². The summed E-state index contributed by atoms with van der Waals surface area (Å²) in [4.78, 5) is 26.6. The number of nitrogens with two attached hydrogens (primary N) is 1. The Balaban J connectivity index is 1.66. The zero-order valence-electron chi connectivity index (χ0n) is 19.8. The minimum absolute atomic E-state index is 0.0162. The monoisotopic (exact) mass is 499 g/mol. The molecule has 0 spiro atoms. The number of hydrogen-bond acceptors (Lipinski definition) is 10. The molecule has 0 amide bonds. The summed E-state index contributed by atoms with van der Waals surface area (Å²) in [6.07, 6.45) is -4.95. The van der Waals surface area contributed by atoms with E-state index in [1.165, 1.54) is 24.3 Å². The minimum atomic E-state index is -1.65. The summed E-state index contributed by atoms with van der Waals surface area (Å²) in [5, 5.41) is 54.2. The van der Waals surface area contributed by atoms with Crippen molar-refractivity contribution in [2.24, 2.45) is 5.73 Å². The summed E-state index contributed by atoms with van der Waals surface area (Å²) in [6, 6.07) is 4.76. The molecular weight excluding hydrogens is 470 g/mol. The summed E-state index contributed by atoms with van der Waals surface area (Å²) in [5.41, 5.74) is 3.81. The quantitative estimate of drug-likeness (QED) is 0.308. The molecule has 7 atom stereocenters. The number of benzene rings is 2. The normalized spacial score (nSPS) is 33.6. The third kappa shape index (κ3) is 3.56. The van der Waals surface area contributed by atoms with Crippen LogP contribution < -0.4 is 5.73 Å². The van der Waals surface area contributed by atoms with Gasteiger partial charge in [0.2, 0.25) is 0 Å². The average molecular weight is 500 g/mol. The van der Waals surface area contributed by atoms with Gasteiger partial charge in [-0.05, 0) is 31.0 Å². The van der Waals surface area contributed by atoms with Crippen molar-refractivity contribution in [2.75, 3.05) is 0 Å². The fourth-order valence-electron chi connectivity index (χ4n) is 5.57. The van der Waals surface area contributed by atoms with E-state index in [9.17, 15) is 35.1 Å². The lowest BCUT2D eigenvalue weighted by Crippen LogP contribution is -2.53. The van der Waals surface area contributed by atoms with Crippen molar-refractivity contribution < 1.29 is 44.6 Å². The lowest BCUT2D eigenvalue weighted by Gasteiger charge is -2.46. The highest BCUT2D eigenvalue weighted by atomic mass is 16.7. The van der Waals surface area contributed by atoms with E-state index in [1.54, 1.807) is 13.8 Å². The van der Waals surface area contributed by atoms with Crippen molar-refractivity contribution in [1.29, 1.82) is 0 Å². The first-order valence-corrected chi connectivity index (χ1v) is 11.9. The molecule has 2 aliphatic carbocycles. The van der Waals surface area contributed by atoms with Gasteiger partial charge in [-0.1, -0.05) is 19.1 Å². The van der Waals surface area contributed by atoms with Crippen LogP contribution in [0.3, 0.4) is 0 Å². The molecule has 7 N–H and O–H groups in total. The molecule has 3 aliphatic rings. The van der Waals surface area contributed by atoms with E-state index >= 15 is 0 Å². The third-order valence-corrected chi connectivity index (χ3v) is 7.66. The molecule has 0 unspecified atom stereocenters. The van der Waals surface area contributed by atoms with Gasteiger partial charge in [0.05, 0.1) is 35.0 Å². The standard InChI is InChI=1S/C26H29NO9/c1-3-26(34)9-16(29)12-7-13-19(22(31)11-5-4-6-15(28)18(11)23(13)32)24(33)20(12)25(26)36-17-8-14(27)21(30)10(2)35-17/h4-7,10,14,16-17,21,25,28-30,33-34H,3,8-9,27H2,1-2H3/t10-,14-,16-,17-,21+,25+,26+/m0/s1. The van der Waals surface area contributed by atoms with E-state index in [-0.39, 0.29) is 58.4 Å². The Kier molecular flexibility index (Phi) is 5.94. The van der Waals surface area contributed by atoms with Crippen LogP contribution in [0.15, 0.2) is 24.3 Å². The fraction of sp³-hybridized carbons (Fsp3) is 0.462.